The highest BCUT2D eigenvalue weighted by Gasteiger charge is 2.25. The third-order valence-electron chi connectivity index (χ3n) is 5.61. The number of piperidine rings is 1. The van der Waals surface area contributed by atoms with Crippen LogP contribution in [-0.4, -0.2) is 68.9 Å². The molecule has 1 unspecified atom stereocenters. The largest absolute Gasteiger partial charge is 0.450 e. The van der Waals surface area contributed by atoms with Crippen molar-refractivity contribution in [3.63, 3.8) is 0 Å². The molecule has 1 fully saturated rings. The van der Waals surface area contributed by atoms with Crippen molar-refractivity contribution in [2.45, 2.75) is 45.2 Å². The Labute approximate surface area is 191 Å². The molecule has 1 amide bonds. The van der Waals surface area contributed by atoms with Crippen LogP contribution < -0.4 is 15.5 Å². The lowest BCUT2D eigenvalue weighted by molar-refractivity contribution is 0.0963. The summed E-state index contributed by atoms with van der Waals surface area (Å²) < 4.78 is 5.08. The van der Waals surface area contributed by atoms with Gasteiger partial charge in [-0.05, 0) is 44.7 Å². The monoisotopic (exact) mass is 515 g/mol. The Bertz CT molecular complexity index is 691. The number of likely N-dealkylation sites (tertiary alicyclic amines) is 1. The fourth-order valence-electron chi connectivity index (χ4n) is 3.99. The number of anilines is 1. The van der Waals surface area contributed by atoms with Crippen molar-refractivity contribution in [1.29, 1.82) is 0 Å². The summed E-state index contributed by atoms with van der Waals surface area (Å²) in [6.07, 6.45) is 2.71. The molecule has 0 aliphatic carbocycles. The lowest BCUT2D eigenvalue weighted by atomic mass is 10.1. The molecule has 2 heterocycles. The fraction of sp³-hybridized carbons (Fsp3) is 0.619. The maximum atomic E-state index is 11.8. The number of rotatable bonds is 5. The van der Waals surface area contributed by atoms with Gasteiger partial charge in [-0.25, -0.2) is 4.79 Å². The molecule has 0 bridgehead atoms. The van der Waals surface area contributed by atoms with Crippen LogP contribution in [0.3, 0.4) is 0 Å². The van der Waals surface area contributed by atoms with Crippen LogP contribution in [0.2, 0.25) is 0 Å². The minimum absolute atomic E-state index is 0. The molecule has 1 aromatic rings. The summed E-state index contributed by atoms with van der Waals surface area (Å²) in [7, 11) is 1.80. The normalized spacial score (nSPS) is 18.0. The summed E-state index contributed by atoms with van der Waals surface area (Å²) in [6.45, 7) is 7.84. The van der Waals surface area contributed by atoms with Crippen LogP contribution in [0.25, 0.3) is 0 Å². The molecule has 1 atom stereocenters. The smallest absolute Gasteiger partial charge is 0.409 e. The molecule has 0 aromatic heterocycles. The number of carbonyl (C=O) groups excluding carboxylic acids is 1. The second kappa shape index (κ2) is 11.5. The van der Waals surface area contributed by atoms with E-state index >= 15 is 0 Å². The van der Waals surface area contributed by atoms with Gasteiger partial charge < -0.3 is 25.2 Å². The van der Waals surface area contributed by atoms with Crippen LogP contribution in [0.15, 0.2) is 29.3 Å². The predicted molar refractivity (Wildman–Crippen MR) is 128 cm³/mol. The van der Waals surface area contributed by atoms with Crippen molar-refractivity contribution in [2.75, 3.05) is 44.7 Å². The summed E-state index contributed by atoms with van der Waals surface area (Å²) in [5.74, 6) is 0.828. The van der Waals surface area contributed by atoms with Gasteiger partial charge in [0.2, 0.25) is 0 Å². The molecular weight excluding hydrogens is 481 g/mol. The van der Waals surface area contributed by atoms with Crippen molar-refractivity contribution >= 4 is 41.7 Å². The van der Waals surface area contributed by atoms with Gasteiger partial charge in [0.05, 0.1) is 6.61 Å². The van der Waals surface area contributed by atoms with E-state index in [1.165, 1.54) is 11.3 Å². The van der Waals surface area contributed by atoms with Gasteiger partial charge >= 0.3 is 6.09 Å². The summed E-state index contributed by atoms with van der Waals surface area (Å²) in [5, 5.41) is 6.97. The van der Waals surface area contributed by atoms with Gasteiger partial charge in [-0.3, -0.25) is 4.99 Å². The van der Waals surface area contributed by atoms with Crippen LogP contribution in [0.5, 0.6) is 0 Å². The predicted octanol–water partition coefficient (Wildman–Crippen LogP) is 2.84. The SMILES string of the molecule is CCOC(=O)N1CCC(NC(=NC)NCC(C)N2CCc3ccccc32)CC1.I. The first-order valence-corrected chi connectivity index (χ1v) is 10.4. The number of amides is 1. The number of fused-ring (bicyclic) bond motifs is 1. The average Bonchev–Trinajstić information content (AvgIpc) is 3.15. The first-order chi connectivity index (χ1) is 13.6. The molecule has 0 spiro atoms. The number of hydrogen-bond acceptors (Lipinski definition) is 4. The van der Waals surface area contributed by atoms with E-state index in [0.29, 0.717) is 31.8 Å². The number of para-hydroxylation sites is 1. The van der Waals surface area contributed by atoms with Gasteiger partial charge in [-0.1, -0.05) is 18.2 Å². The number of nitrogens with zero attached hydrogens (tertiary/aromatic N) is 3. The molecule has 3 rings (SSSR count). The molecule has 7 nitrogen and oxygen atoms in total. The van der Waals surface area contributed by atoms with E-state index < -0.39 is 0 Å². The van der Waals surface area contributed by atoms with Crippen LogP contribution >= 0.6 is 24.0 Å². The number of benzene rings is 1. The summed E-state index contributed by atoms with van der Waals surface area (Å²) in [4.78, 5) is 20.4. The van der Waals surface area contributed by atoms with Gasteiger partial charge in [0.25, 0.3) is 0 Å². The number of hydrogen-bond donors (Lipinski definition) is 2. The van der Waals surface area contributed by atoms with E-state index in [1.807, 2.05) is 6.92 Å². The Kier molecular flexibility index (Phi) is 9.32. The number of guanidine groups is 1. The van der Waals surface area contributed by atoms with Crippen molar-refractivity contribution in [1.82, 2.24) is 15.5 Å². The molecular formula is C21H34IN5O2. The lowest BCUT2D eigenvalue weighted by Crippen LogP contribution is -2.51. The van der Waals surface area contributed by atoms with E-state index in [4.69, 9.17) is 4.74 Å². The zero-order valence-electron chi connectivity index (χ0n) is 17.7. The van der Waals surface area contributed by atoms with Crippen molar-refractivity contribution < 1.29 is 9.53 Å². The molecule has 0 saturated carbocycles. The van der Waals surface area contributed by atoms with Crippen molar-refractivity contribution in [3.05, 3.63) is 29.8 Å². The Morgan fingerprint density at radius 1 is 1.28 bits per heavy atom. The van der Waals surface area contributed by atoms with Crippen LogP contribution in [0.1, 0.15) is 32.3 Å². The topological polar surface area (TPSA) is 69.2 Å². The maximum Gasteiger partial charge on any atom is 0.409 e. The molecule has 162 valence electrons. The molecule has 2 N–H and O–H groups in total. The Morgan fingerprint density at radius 2 is 2.00 bits per heavy atom. The van der Waals surface area contributed by atoms with E-state index in [1.54, 1.807) is 11.9 Å². The highest BCUT2D eigenvalue weighted by atomic mass is 127. The van der Waals surface area contributed by atoms with Gasteiger partial charge in [-0.15, -0.1) is 24.0 Å². The van der Waals surface area contributed by atoms with Crippen LogP contribution in [0.4, 0.5) is 10.5 Å². The van der Waals surface area contributed by atoms with Crippen LogP contribution in [0, 0.1) is 0 Å². The minimum atomic E-state index is -0.205. The van der Waals surface area contributed by atoms with E-state index in [9.17, 15) is 4.79 Å². The third-order valence-corrected chi connectivity index (χ3v) is 5.61. The Hall–Kier alpha value is -1.71. The molecule has 1 saturated heterocycles. The van der Waals surface area contributed by atoms with Crippen molar-refractivity contribution in [2.24, 2.45) is 4.99 Å². The Balaban J connectivity index is 0.00000300. The second-order valence-electron chi connectivity index (χ2n) is 7.48. The second-order valence-corrected chi connectivity index (χ2v) is 7.48. The zero-order valence-corrected chi connectivity index (χ0v) is 20.0. The van der Waals surface area contributed by atoms with Gasteiger partial charge in [0, 0.05) is 51.0 Å². The lowest BCUT2D eigenvalue weighted by Gasteiger charge is -2.33. The quantitative estimate of drug-likeness (QED) is 0.359. The molecule has 29 heavy (non-hydrogen) atoms. The number of aliphatic imine (C=N–C) groups is 1. The highest BCUT2D eigenvalue weighted by molar-refractivity contribution is 14.0. The minimum Gasteiger partial charge on any atom is -0.450 e. The molecule has 8 heteroatoms. The first-order valence-electron chi connectivity index (χ1n) is 10.4. The molecule has 2 aliphatic rings. The standard InChI is InChI=1S/C21H33N5O2.HI/c1-4-28-21(27)25-12-10-18(11-13-25)24-20(22-3)23-15-16(2)26-14-9-17-7-5-6-8-19(17)26;/h5-8,16,18H,4,9-15H2,1-3H3,(H2,22,23,24);1H. The maximum absolute atomic E-state index is 11.8. The van der Waals surface area contributed by atoms with E-state index in [-0.39, 0.29) is 30.1 Å². The molecule has 1 aromatic carbocycles. The molecule has 2 aliphatic heterocycles. The summed E-state index contributed by atoms with van der Waals surface area (Å²) >= 11 is 0. The van der Waals surface area contributed by atoms with Crippen LogP contribution in [-0.2, 0) is 11.2 Å². The number of nitrogens with one attached hydrogen (secondary N) is 2. The van der Waals surface area contributed by atoms with E-state index in [0.717, 1.165) is 38.3 Å². The van der Waals surface area contributed by atoms with Gasteiger partial charge in [-0.2, -0.15) is 0 Å². The zero-order chi connectivity index (χ0) is 19.9. The molecule has 0 radical (unpaired) electrons. The Morgan fingerprint density at radius 3 is 2.69 bits per heavy atom. The van der Waals surface area contributed by atoms with Gasteiger partial charge in [0.1, 0.15) is 0 Å². The number of ether oxygens (including phenoxy) is 1. The number of halogens is 1. The van der Waals surface area contributed by atoms with Gasteiger partial charge in [0.15, 0.2) is 5.96 Å². The summed E-state index contributed by atoms with van der Waals surface area (Å²) in [5.41, 5.74) is 2.79. The number of carbonyl (C=O) groups is 1. The summed E-state index contributed by atoms with van der Waals surface area (Å²) in [6, 6.07) is 9.36. The van der Waals surface area contributed by atoms with E-state index in [2.05, 4.69) is 51.7 Å². The van der Waals surface area contributed by atoms with Crippen molar-refractivity contribution in [3.8, 4) is 0 Å². The first kappa shape index (κ1) is 23.6. The average molecular weight is 515 g/mol. The fourth-order valence-corrected chi connectivity index (χ4v) is 3.99. The highest BCUT2D eigenvalue weighted by Crippen LogP contribution is 2.28. The third kappa shape index (κ3) is 6.13.